The van der Waals surface area contributed by atoms with Crippen molar-refractivity contribution < 1.29 is 0 Å². The molecule has 0 heterocycles. The van der Waals surface area contributed by atoms with Crippen LogP contribution < -0.4 is 0 Å². The molecule has 0 saturated heterocycles. The summed E-state index contributed by atoms with van der Waals surface area (Å²) in [5.74, 6) is 2.66. The number of benzene rings is 1. The molecule has 0 nitrogen and oxygen atoms in total. The van der Waals surface area contributed by atoms with Crippen molar-refractivity contribution in [1.82, 2.24) is 0 Å². The first kappa shape index (κ1) is 11.8. The predicted molar refractivity (Wildman–Crippen MR) is 59.9 cm³/mol. The first-order valence-corrected chi connectivity index (χ1v) is 4.69. The minimum absolute atomic E-state index is 1.01. The molecule has 0 aliphatic carbocycles. The highest BCUT2D eigenvalue weighted by Gasteiger charge is 1.97. The van der Waals surface area contributed by atoms with Gasteiger partial charge in [-0.1, -0.05) is 25.8 Å². The highest BCUT2D eigenvalue weighted by Crippen LogP contribution is 2.13. The molecule has 0 bridgehead atoms. The smallest absolute Gasteiger partial charge is 0.0274 e. The van der Waals surface area contributed by atoms with Gasteiger partial charge < -0.3 is 0 Å². The molecule has 13 heavy (non-hydrogen) atoms. The quantitative estimate of drug-likeness (QED) is 0.527. The van der Waals surface area contributed by atoms with E-state index in [9.17, 15) is 0 Å². The molecule has 0 spiro atoms. The zero-order valence-corrected chi connectivity index (χ0v) is 9.23. The van der Waals surface area contributed by atoms with Gasteiger partial charge in [0.2, 0.25) is 0 Å². The van der Waals surface area contributed by atoms with Gasteiger partial charge >= 0.3 is 0 Å². The average molecular weight is 174 g/mol. The Balaban J connectivity index is 0.000000671. The zero-order chi connectivity index (χ0) is 10.4. The maximum absolute atomic E-state index is 5.32. The molecule has 70 valence electrons. The molecule has 0 aliphatic heterocycles. The lowest BCUT2D eigenvalue weighted by atomic mass is 10.0. The molecule has 1 rings (SSSR count). The lowest BCUT2D eigenvalue weighted by Crippen LogP contribution is -1.87. The summed E-state index contributed by atoms with van der Waals surface area (Å²) < 4.78 is 0. The van der Waals surface area contributed by atoms with Crippen molar-refractivity contribution in [3.63, 3.8) is 0 Å². The standard InChI is InChI=1S/C11H12.C2H6/c1-5-11-7-9(3)8(2)6-10(11)4;1-2/h1,6-7H,2-4H3;1-2H3. The molecular formula is C13H18. The van der Waals surface area contributed by atoms with Gasteiger partial charge in [-0.05, 0) is 43.5 Å². The molecule has 0 amide bonds. The second-order valence-corrected chi connectivity index (χ2v) is 2.90. The van der Waals surface area contributed by atoms with Crippen LogP contribution in [0.2, 0.25) is 0 Å². The molecular weight excluding hydrogens is 156 g/mol. The molecule has 0 atom stereocenters. The van der Waals surface area contributed by atoms with E-state index in [4.69, 9.17) is 6.42 Å². The van der Waals surface area contributed by atoms with Crippen LogP contribution in [0, 0.1) is 33.1 Å². The number of hydrogen-bond acceptors (Lipinski definition) is 0. The maximum atomic E-state index is 5.32. The van der Waals surface area contributed by atoms with Crippen molar-refractivity contribution >= 4 is 0 Å². The predicted octanol–water partition coefficient (Wildman–Crippen LogP) is 3.62. The molecule has 1 aromatic carbocycles. The Kier molecular flexibility index (Phi) is 4.92. The number of aryl methyl sites for hydroxylation is 3. The summed E-state index contributed by atoms with van der Waals surface area (Å²) >= 11 is 0. The van der Waals surface area contributed by atoms with Gasteiger partial charge in [0.1, 0.15) is 0 Å². The molecule has 0 fully saturated rings. The van der Waals surface area contributed by atoms with Crippen LogP contribution >= 0.6 is 0 Å². The van der Waals surface area contributed by atoms with Gasteiger partial charge in [0.25, 0.3) is 0 Å². The maximum Gasteiger partial charge on any atom is 0.0274 e. The van der Waals surface area contributed by atoms with Crippen LogP contribution in [0.3, 0.4) is 0 Å². The van der Waals surface area contributed by atoms with Crippen molar-refractivity contribution in [2.45, 2.75) is 34.6 Å². The van der Waals surface area contributed by atoms with E-state index < -0.39 is 0 Å². The third kappa shape index (κ3) is 2.95. The highest BCUT2D eigenvalue weighted by atomic mass is 14.0. The van der Waals surface area contributed by atoms with E-state index in [-0.39, 0.29) is 0 Å². The summed E-state index contributed by atoms with van der Waals surface area (Å²) in [4.78, 5) is 0. The van der Waals surface area contributed by atoms with Gasteiger partial charge in [-0.3, -0.25) is 0 Å². The molecule has 1 aromatic rings. The number of terminal acetylenes is 1. The Morgan fingerprint density at radius 1 is 0.923 bits per heavy atom. The molecule has 0 aromatic heterocycles. The third-order valence-corrected chi connectivity index (χ3v) is 2.00. The van der Waals surface area contributed by atoms with E-state index in [1.165, 1.54) is 16.7 Å². The van der Waals surface area contributed by atoms with E-state index in [1.807, 2.05) is 20.8 Å². The highest BCUT2D eigenvalue weighted by molar-refractivity contribution is 5.44. The van der Waals surface area contributed by atoms with E-state index in [0.717, 1.165) is 5.56 Å². The van der Waals surface area contributed by atoms with Gasteiger partial charge in [0, 0.05) is 5.56 Å². The number of rotatable bonds is 0. The Morgan fingerprint density at radius 3 is 1.85 bits per heavy atom. The van der Waals surface area contributed by atoms with Gasteiger partial charge in [-0.25, -0.2) is 0 Å². The summed E-state index contributed by atoms with van der Waals surface area (Å²) in [5, 5.41) is 0. The van der Waals surface area contributed by atoms with E-state index in [0.29, 0.717) is 0 Å². The van der Waals surface area contributed by atoms with Crippen LogP contribution in [0.25, 0.3) is 0 Å². The van der Waals surface area contributed by atoms with Crippen LogP contribution in [0.5, 0.6) is 0 Å². The summed E-state index contributed by atoms with van der Waals surface area (Å²) in [6.45, 7) is 10.2. The third-order valence-electron chi connectivity index (χ3n) is 2.00. The summed E-state index contributed by atoms with van der Waals surface area (Å²) in [6, 6.07) is 4.19. The van der Waals surface area contributed by atoms with Crippen LogP contribution in [0.15, 0.2) is 12.1 Å². The molecule has 0 radical (unpaired) electrons. The average Bonchev–Trinajstić information content (AvgIpc) is 2.15. The fraction of sp³-hybridized carbons (Fsp3) is 0.385. The van der Waals surface area contributed by atoms with Crippen molar-refractivity contribution in [2.75, 3.05) is 0 Å². The minimum Gasteiger partial charge on any atom is -0.115 e. The zero-order valence-electron chi connectivity index (χ0n) is 9.23. The van der Waals surface area contributed by atoms with Crippen LogP contribution in [0.1, 0.15) is 36.1 Å². The summed E-state index contributed by atoms with van der Waals surface area (Å²) in [5.41, 5.74) is 4.77. The molecule has 0 heteroatoms. The van der Waals surface area contributed by atoms with Crippen LogP contribution in [-0.2, 0) is 0 Å². The molecule has 0 unspecified atom stereocenters. The lowest BCUT2D eigenvalue weighted by Gasteiger charge is -2.03. The summed E-state index contributed by atoms with van der Waals surface area (Å²) in [6.07, 6.45) is 5.32. The fourth-order valence-corrected chi connectivity index (χ4v) is 1.12. The second-order valence-electron chi connectivity index (χ2n) is 2.90. The Morgan fingerprint density at radius 2 is 1.38 bits per heavy atom. The minimum atomic E-state index is 1.01. The fourth-order valence-electron chi connectivity index (χ4n) is 1.12. The second kappa shape index (κ2) is 5.43. The van der Waals surface area contributed by atoms with Crippen molar-refractivity contribution in [2.24, 2.45) is 0 Å². The van der Waals surface area contributed by atoms with Gasteiger partial charge in [0.15, 0.2) is 0 Å². The number of hydrogen-bond donors (Lipinski definition) is 0. The normalized spacial score (nSPS) is 8.31. The monoisotopic (exact) mass is 174 g/mol. The molecule has 0 N–H and O–H groups in total. The van der Waals surface area contributed by atoms with E-state index in [1.54, 1.807) is 0 Å². The van der Waals surface area contributed by atoms with Crippen molar-refractivity contribution in [3.05, 3.63) is 34.4 Å². The van der Waals surface area contributed by atoms with Gasteiger partial charge in [0.05, 0.1) is 0 Å². The Hall–Kier alpha value is -1.22. The first-order chi connectivity index (χ1) is 6.15. The van der Waals surface area contributed by atoms with E-state index in [2.05, 4.69) is 31.9 Å². The van der Waals surface area contributed by atoms with Crippen LogP contribution in [0.4, 0.5) is 0 Å². The van der Waals surface area contributed by atoms with Crippen LogP contribution in [-0.4, -0.2) is 0 Å². The summed E-state index contributed by atoms with van der Waals surface area (Å²) in [7, 11) is 0. The molecule has 0 aliphatic rings. The van der Waals surface area contributed by atoms with Gasteiger partial charge in [-0.2, -0.15) is 0 Å². The van der Waals surface area contributed by atoms with Crippen molar-refractivity contribution in [1.29, 1.82) is 0 Å². The van der Waals surface area contributed by atoms with Gasteiger partial charge in [-0.15, -0.1) is 6.42 Å². The SMILES string of the molecule is C#Cc1cc(C)c(C)cc1C.CC. The lowest BCUT2D eigenvalue weighted by molar-refractivity contribution is 1.28. The topological polar surface area (TPSA) is 0 Å². The van der Waals surface area contributed by atoms with Crippen molar-refractivity contribution in [3.8, 4) is 12.3 Å². The Bertz CT molecular complexity index is 314. The largest absolute Gasteiger partial charge is 0.115 e. The molecule has 0 saturated carbocycles. The van der Waals surface area contributed by atoms with E-state index >= 15 is 0 Å². The first-order valence-electron chi connectivity index (χ1n) is 4.69. The Labute approximate surface area is 82.0 Å².